The quantitative estimate of drug-likeness (QED) is 0.625. The van der Waals surface area contributed by atoms with Crippen molar-refractivity contribution in [3.05, 3.63) is 0 Å². The van der Waals surface area contributed by atoms with Gasteiger partial charge in [0.1, 0.15) is 0 Å². The standard InChI is InChI=1S/C9H19NS/c1-3-10-6-4-5-9(7-10)8(2)11/h8-9,11H,3-7H2,1-2H3. The summed E-state index contributed by atoms with van der Waals surface area (Å²) >= 11 is 4.49. The van der Waals surface area contributed by atoms with Crippen LogP contribution in [0.15, 0.2) is 0 Å². The van der Waals surface area contributed by atoms with Crippen LogP contribution in [0.5, 0.6) is 0 Å². The van der Waals surface area contributed by atoms with Gasteiger partial charge in [-0.05, 0) is 31.8 Å². The van der Waals surface area contributed by atoms with Crippen molar-refractivity contribution in [2.24, 2.45) is 5.92 Å². The maximum atomic E-state index is 4.49. The van der Waals surface area contributed by atoms with Crippen molar-refractivity contribution < 1.29 is 0 Å². The SMILES string of the molecule is CCN1CCCC(C(C)S)C1. The van der Waals surface area contributed by atoms with Gasteiger partial charge in [-0.1, -0.05) is 13.8 Å². The molecule has 11 heavy (non-hydrogen) atoms. The number of hydrogen-bond acceptors (Lipinski definition) is 2. The molecule has 0 saturated carbocycles. The van der Waals surface area contributed by atoms with E-state index in [9.17, 15) is 0 Å². The van der Waals surface area contributed by atoms with E-state index >= 15 is 0 Å². The van der Waals surface area contributed by atoms with E-state index in [1.165, 1.54) is 32.5 Å². The lowest BCUT2D eigenvalue weighted by Gasteiger charge is -2.33. The first kappa shape index (κ1) is 9.40. The average molecular weight is 173 g/mol. The van der Waals surface area contributed by atoms with Gasteiger partial charge in [0.15, 0.2) is 0 Å². The van der Waals surface area contributed by atoms with Crippen LogP contribution >= 0.6 is 12.6 Å². The van der Waals surface area contributed by atoms with Crippen molar-refractivity contribution in [3.8, 4) is 0 Å². The highest BCUT2D eigenvalue weighted by Crippen LogP contribution is 2.22. The predicted molar refractivity (Wildman–Crippen MR) is 53.3 cm³/mol. The molecule has 0 aromatic rings. The molecule has 1 fully saturated rings. The summed E-state index contributed by atoms with van der Waals surface area (Å²) in [6.07, 6.45) is 2.74. The summed E-state index contributed by atoms with van der Waals surface area (Å²) in [4.78, 5) is 2.53. The van der Waals surface area contributed by atoms with Crippen molar-refractivity contribution in [2.45, 2.75) is 31.9 Å². The minimum atomic E-state index is 0.573. The summed E-state index contributed by atoms with van der Waals surface area (Å²) in [5, 5.41) is 0.573. The Bertz CT molecular complexity index is 114. The minimum Gasteiger partial charge on any atom is -0.303 e. The molecule has 0 amide bonds. The molecule has 0 aromatic heterocycles. The molecule has 2 atom stereocenters. The topological polar surface area (TPSA) is 3.24 Å². The lowest BCUT2D eigenvalue weighted by molar-refractivity contribution is 0.183. The van der Waals surface area contributed by atoms with Crippen LogP contribution in [0, 0.1) is 5.92 Å². The average Bonchev–Trinajstić information content (AvgIpc) is 2.05. The molecule has 0 N–H and O–H groups in total. The highest BCUT2D eigenvalue weighted by Gasteiger charge is 2.21. The number of thiol groups is 1. The fourth-order valence-corrected chi connectivity index (χ4v) is 2.02. The third kappa shape index (κ3) is 2.68. The Morgan fingerprint density at radius 3 is 2.91 bits per heavy atom. The van der Waals surface area contributed by atoms with Crippen LogP contribution in [-0.2, 0) is 0 Å². The normalized spacial score (nSPS) is 30.3. The molecule has 2 heteroatoms. The molecule has 2 unspecified atom stereocenters. The number of nitrogens with zero attached hydrogens (tertiary/aromatic N) is 1. The molecule has 0 spiro atoms. The lowest BCUT2D eigenvalue weighted by atomic mass is 9.95. The van der Waals surface area contributed by atoms with Crippen LogP contribution in [0.2, 0.25) is 0 Å². The van der Waals surface area contributed by atoms with Crippen LogP contribution in [0.1, 0.15) is 26.7 Å². The van der Waals surface area contributed by atoms with Crippen molar-refractivity contribution in [2.75, 3.05) is 19.6 Å². The highest BCUT2D eigenvalue weighted by molar-refractivity contribution is 7.80. The van der Waals surface area contributed by atoms with Gasteiger partial charge in [-0.2, -0.15) is 12.6 Å². The van der Waals surface area contributed by atoms with Gasteiger partial charge in [-0.25, -0.2) is 0 Å². The van der Waals surface area contributed by atoms with Gasteiger partial charge in [0, 0.05) is 11.8 Å². The molecule has 1 heterocycles. The summed E-state index contributed by atoms with van der Waals surface area (Å²) < 4.78 is 0. The van der Waals surface area contributed by atoms with E-state index in [0.717, 1.165) is 5.92 Å². The summed E-state index contributed by atoms with van der Waals surface area (Å²) in [5.41, 5.74) is 0. The Kier molecular flexibility index (Phi) is 3.73. The Balaban J connectivity index is 2.33. The van der Waals surface area contributed by atoms with E-state index in [-0.39, 0.29) is 0 Å². The van der Waals surface area contributed by atoms with Crippen LogP contribution in [0.4, 0.5) is 0 Å². The predicted octanol–water partition coefficient (Wildman–Crippen LogP) is 2.04. The molecule has 66 valence electrons. The number of rotatable bonds is 2. The molecule has 1 aliphatic heterocycles. The third-order valence-corrected chi connectivity index (χ3v) is 3.09. The van der Waals surface area contributed by atoms with Gasteiger partial charge in [-0.15, -0.1) is 0 Å². The summed E-state index contributed by atoms with van der Waals surface area (Å²) in [5.74, 6) is 0.826. The zero-order chi connectivity index (χ0) is 8.27. The Hall–Kier alpha value is 0.310. The van der Waals surface area contributed by atoms with E-state index < -0.39 is 0 Å². The molecule has 0 bridgehead atoms. The first-order valence-electron chi connectivity index (χ1n) is 4.64. The fourth-order valence-electron chi connectivity index (χ4n) is 1.77. The second kappa shape index (κ2) is 4.36. The molecular formula is C9H19NS. The molecular weight excluding hydrogens is 154 g/mol. The molecule has 1 rings (SSSR count). The van der Waals surface area contributed by atoms with Crippen LogP contribution < -0.4 is 0 Å². The van der Waals surface area contributed by atoms with Gasteiger partial charge in [-0.3, -0.25) is 0 Å². The van der Waals surface area contributed by atoms with Crippen LogP contribution in [-0.4, -0.2) is 29.8 Å². The Morgan fingerprint density at radius 2 is 2.36 bits per heavy atom. The van der Waals surface area contributed by atoms with Crippen molar-refractivity contribution in [3.63, 3.8) is 0 Å². The maximum absolute atomic E-state index is 4.49. The zero-order valence-corrected chi connectivity index (χ0v) is 8.48. The van der Waals surface area contributed by atoms with Gasteiger partial charge in [0.2, 0.25) is 0 Å². The van der Waals surface area contributed by atoms with E-state index in [1.54, 1.807) is 0 Å². The Labute approximate surface area is 75.6 Å². The first-order chi connectivity index (χ1) is 5.24. The third-order valence-electron chi connectivity index (χ3n) is 2.67. The zero-order valence-electron chi connectivity index (χ0n) is 7.58. The second-order valence-corrected chi connectivity index (χ2v) is 4.35. The second-order valence-electron chi connectivity index (χ2n) is 3.54. The van der Waals surface area contributed by atoms with E-state index in [2.05, 4.69) is 31.4 Å². The van der Waals surface area contributed by atoms with Gasteiger partial charge in [0.25, 0.3) is 0 Å². The summed E-state index contributed by atoms with van der Waals surface area (Å²) in [7, 11) is 0. The monoisotopic (exact) mass is 173 g/mol. The van der Waals surface area contributed by atoms with Crippen LogP contribution in [0.3, 0.4) is 0 Å². The number of likely N-dealkylation sites (tertiary alicyclic amines) is 1. The van der Waals surface area contributed by atoms with E-state index in [4.69, 9.17) is 0 Å². The van der Waals surface area contributed by atoms with Crippen LogP contribution in [0.25, 0.3) is 0 Å². The molecule has 0 aromatic carbocycles. The van der Waals surface area contributed by atoms with E-state index in [0.29, 0.717) is 5.25 Å². The molecule has 0 aliphatic carbocycles. The van der Waals surface area contributed by atoms with Crippen molar-refractivity contribution in [1.29, 1.82) is 0 Å². The molecule has 1 saturated heterocycles. The van der Waals surface area contributed by atoms with E-state index in [1.807, 2.05) is 0 Å². The van der Waals surface area contributed by atoms with Crippen molar-refractivity contribution >= 4 is 12.6 Å². The fraction of sp³-hybridized carbons (Fsp3) is 1.00. The largest absolute Gasteiger partial charge is 0.303 e. The maximum Gasteiger partial charge on any atom is 0.00289 e. The first-order valence-corrected chi connectivity index (χ1v) is 5.16. The number of piperidine rings is 1. The summed E-state index contributed by atoms with van der Waals surface area (Å²) in [6.45, 7) is 8.23. The highest BCUT2D eigenvalue weighted by atomic mass is 32.1. The lowest BCUT2D eigenvalue weighted by Crippen LogP contribution is -2.37. The molecule has 1 aliphatic rings. The summed E-state index contributed by atoms with van der Waals surface area (Å²) in [6, 6.07) is 0. The van der Waals surface area contributed by atoms with Gasteiger partial charge in [0.05, 0.1) is 0 Å². The Morgan fingerprint density at radius 1 is 1.64 bits per heavy atom. The number of hydrogen-bond donors (Lipinski definition) is 1. The van der Waals surface area contributed by atoms with Gasteiger partial charge >= 0.3 is 0 Å². The van der Waals surface area contributed by atoms with Gasteiger partial charge < -0.3 is 4.90 Å². The molecule has 1 nitrogen and oxygen atoms in total. The van der Waals surface area contributed by atoms with Crippen molar-refractivity contribution in [1.82, 2.24) is 4.90 Å². The minimum absolute atomic E-state index is 0.573. The molecule has 0 radical (unpaired) electrons. The smallest absolute Gasteiger partial charge is 0.00289 e.